The van der Waals surface area contributed by atoms with E-state index in [4.69, 9.17) is 0 Å². The van der Waals surface area contributed by atoms with Crippen LogP contribution in [-0.4, -0.2) is 70.6 Å². The van der Waals surface area contributed by atoms with Crippen LogP contribution in [0.1, 0.15) is 59.6 Å². The van der Waals surface area contributed by atoms with E-state index in [1.54, 1.807) is 6.07 Å². The average molecular weight is 461 g/mol. The van der Waals surface area contributed by atoms with Gasteiger partial charge in [-0.25, -0.2) is 5.01 Å². The number of fused-ring (bicyclic) bond motifs is 2. The summed E-state index contributed by atoms with van der Waals surface area (Å²) in [7, 11) is 0. The van der Waals surface area contributed by atoms with E-state index < -0.39 is 0 Å². The minimum atomic E-state index is -0.0464. The van der Waals surface area contributed by atoms with Gasteiger partial charge in [-0.05, 0) is 61.1 Å². The molecule has 2 bridgehead atoms. The van der Waals surface area contributed by atoms with Crippen molar-refractivity contribution < 1.29 is 9.90 Å². The lowest BCUT2D eigenvalue weighted by atomic mass is 9.87. The SMILES string of the molecule is C=CCN1C2CCCC1CN(C(c1ccc(C(=O)NN3CCCC3)cc1)c1cccc(O)c1)C2. The molecule has 180 valence electrons. The van der Waals surface area contributed by atoms with E-state index in [-0.39, 0.29) is 17.7 Å². The molecule has 6 nitrogen and oxygen atoms in total. The van der Waals surface area contributed by atoms with Gasteiger partial charge in [0.1, 0.15) is 5.75 Å². The number of hydrogen-bond acceptors (Lipinski definition) is 5. The van der Waals surface area contributed by atoms with Crippen molar-refractivity contribution in [1.82, 2.24) is 20.2 Å². The number of nitrogens with zero attached hydrogens (tertiary/aromatic N) is 3. The molecule has 0 aromatic heterocycles. The molecule has 0 spiro atoms. The number of rotatable bonds is 7. The molecule has 3 aliphatic heterocycles. The van der Waals surface area contributed by atoms with Gasteiger partial charge >= 0.3 is 0 Å². The minimum absolute atomic E-state index is 0.0387. The smallest absolute Gasteiger partial charge is 0.265 e. The summed E-state index contributed by atoms with van der Waals surface area (Å²) >= 11 is 0. The van der Waals surface area contributed by atoms with Crippen molar-refractivity contribution in [3.8, 4) is 5.75 Å². The second-order valence-corrected chi connectivity index (χ2v) is 9.93. The second kappa shape index (κ2) is 10.3. The number of aromatic hydroxyl groups is 1. The molecule has 3 fully saturated rings. The highest BCUT2D eigenvalue weighted by atomic mass is 16.3. The third kappa shape index (κ3) is 4.90. The Kier molecular flexibility index (Phi) is 6.99. The monoisotopic (exact) mass is 460 g/mol. The Hall–Kier alpha value is -2.67. The number of amides is 1. The van der Waals surface area contributed by atoms with Gasteiger partial charge in [0.05, 0.1) is 6.04 Å². The Morgan fingerprint density at radius 1 is 1.03 bits per heavy atom. The highest BCUT2D eigenvalue weighted by Crippen LogP contribution is 2.37. The number of phenols is 1. The van der Waals surface area contributed by atoms with Gasteiger partial charge in [-0.15, -0.1) is 6.58 Å². The highest BCUT2D eigenvalue weighted by molar-refractivity contribution is 5.93. The minimum Gasteiger partial charge on any atom is -0.508 e. The van der Waals surface area contributed by atoms with Crippen molar-refractivity contribution in [2.45, 2.75) is 50.2 Å². The third-order valence-electron chi connectivity index (χ3n) is 7.65. The Balaban J connectivity index is 1.41. The van der Waals surface area contributed by atoms with Crippen LogP contribution in [0.2, 0.25) is 0 Å². The fourth-order valence-electron chi connectivity index (χ4n) is 6.05. The van der Waals surface area contributed by atoms with Crippen molar-refractivity contribution in [2.24, 2.45) is 0 Å². The van der Waals surface area contributed by atoms with E-state index in [2.05, 4.69) is 40.0 Å². The fourth-order valence-corrected chi connectivity index (χ4v) is 6.05. The van der Waals surface area contributed by atoms with Gasteiger partial charge in [-0.2, -0.15) is 0 Å². The largest absolute Gasteiger partial charge is 0.508 e. The zero-order chi connectivity index (χ0) is 23.5. The normalized spacial score (nSPS) is 24.6. The lowest BCUT2D eigenvalue weighted by Crippen LogP contribution is -2.61. The fraction of sp³-hybridized carbons (Fsp3) is 0.464. The summed E-state index contributed by atoms with van der Waals surface area (Å²) in [6.45, 7) is 8.74. The second-order valence-electron chi connectivity index (χ2n) is 9.93. The lowest BCUT2D eigenvalue weighted by molar-refractivity contribution is -0.0128. The van der Waals surface area contributed by atoms with Crippen LogP contribution < -0.4 is 5.43 Å². The number of benzene rings is 2. The number of piperazine rings is 1. The van der Waals surface area contributed by atoms with Gasteiger partial charge in [-0.1, -0.05) is 36.8 Å². The first kappa shape index (κ1) is 23.1. The average Bonchev–Trinajstić information content (AvgIpc) is 3.33. The van der Waals surface area contributed by atoms with Gasteiger partial charge in [0.25, 0.3) is 5.91 Å². The van der Waals surface area contributed by atoms with Crippen LogP contribution >= 0.6 is 0 Å². The zero-order valence-electron chi connectivity index (χ0n) is 19.9. The Labute approximate surface area is 202 Å². The van der Waals surface area contributed by atoms with Gasteiger partial charge in [-0.3, -0.25) is 20.0 Å². The molecule has 3 heterocycles. The lowest BCUT2D eigenvalue weighted by Gasteiger charge is -2.52. The number of carbonyl (C=O) groups excluding carboxylic acids is 1. The van der Waals surface area contributed by atoms with E-state index in [1.807, 2.05) is 35.4 Å². The van der Waals surface area contributed by atoms with Crippen LogP contribution in [0.25, 0.3) is 0 Å². The molecule has 3 aliphatic rings. The topological polar surface area (TPSA) is 59.0 Å². The van der Waals surface area contributed by atoms with Crippen molar-refractivity contribution >= 4 is 5.91 Å². The Bertz CT molecular complexity index is 988. The van der Waals surface area contributed by atoms with Crippen LogP contribution in [0.15, 0.2) is 61.2 Å². The predicted molar refractivity (Wildman–Crippen MR) is 135 cm³/mol. The molecule has 3 unspecified atom stereocenters. The maximum absolute atomic E-state index is 12.7. The maximum atomic E-state index is 12.7. The van der Waals surface area contributed by atoms with E-state index in [1.165, 1.54) is 19.3 Å². The summed E-state index contributed by atoms with van der Waals surface area (Å²) in [4.78, 5) is 17.9. The van der Waals surface area contributed by atoms with Crippen LogP contribution in [0.4, 0.5) is 0 Å². The molecule has 0 aliphatic carbocycles. The van der Waals surface area contributed by atoms with Gasteiger partial charge < -0.3 is 5.11 Å². The summed E-state index contributed by atoms with van der Waals surface area (Å²) < 4.78 is 0. The van der Waals surface area contributed by atoms with Gasteiger partial charge in [0.15, 0.2) is 0 Å². The van der Waals surface area contributed by atoms with E-state index in [9.17, 15) is 9.90 Å². The Morgan fingerprint density at radius 3 is 2.38 bits per heavy atom. The third-order valence-corrected chi connectivity index (χ3v) is 7.65. The molecule has 2 N–H and O–H groups in total. The number of piperidine rings is 1. The molecule has 3 atom stereocenters. The molecule has 0 saturated carbocycles. The van der Waals surface area contributed by atoms with Crippen LogP contribution in [0.5, 0.6) is 5.75 Å². The molecule has 3 saturated heterocycles. The van der Waals surface area contributed by atoms with Crippen LogP contribution in [-0.2, 0) is 0 Å². The summed E-state index contributed by atoms with van der Waals surface area (Å²) in [5.74, 6) is 0.240. The number of hydrogen-bond donors (Lipinski definition) is 2. The standard InChI is InChI=1S/C28H36N4O2/c1-2-15-32-24-8-6-9-25(32)20-30(19-24)27(23-7-5-10-26(33)18-23)21-11-13-22(14-12-21)28(34)29-31-16-3-4-17-31/h2,5,7,10-14,18,24-25,27,33H,1,3-4,6,8-9,15-17,19-20H2,(H,29,34). The van der Waals surface area contributed by atoms with Crippen molar-refractivity contribution in [3.05, 3.63) is 77.9 Å². The predicted octanol–water partition coefficient (Wildman–Crippen LogP) is 3.95. The number of phenolic OH excluding ortho intramolecular Hbond substituents is 1. The molecule has 0 radical (unpaired) electrons. The summed E-state index contributed by atoms with van der Waals surface area (Å²) in [6, 6.07) is 16.8. The molecule has 34 heavy (non-hydrogen) atoms. The molecular weight excluding hydrogens is 424 g/mol. The molecule has 6 heteroatoms. The molecule has 2 aromatic carbocycles. The first-order valence-electron chi connectivity index (χ1n) is 12.7. The van der Waals surface area contributed by atoms with Crippen LogP contribution in [0, 0.1) is 0 Å². The van der Waals surface area contributed by atoms with E-state index in [0.29, 0.717) is 17.6 Å². The summed E-state index contributed by atoms with van der Waals surface area (Å²) in [6.07, 6.45) is 8.00. The first-order chi connectivity index (χ1) is 16.6. The maximum Gasteiger partial charge on any atom is 0.265 e. The summed E-state index contributed by atoms with van der Waals surface area (Å²) in [5, 5.41) is 12.2. The van der Waals surface area contributed by atoms with Crippen molar-refractivity contribution in [3.63, 3.8) is 0 Å². The number of likely N-dealkylation sites (tertiary alicyclic amines) is 1. The molecular formula is C28H36N4O2. The molecule has 1 amide bonds. The summed E-state index contributed by atoms with van der Waals surface area (Å²) in [5.41, 5.74) is 5.94. The van der Waals surface area contributed by atoms with E-state index in [0.717, 1.165) is 56.7 Å². The highest BCUT2D eigenvalue weighted by Gasteiger charge is 2.39. The van der Waals surface area contributed by atoms with Gasteiger partial charge in [0, 0.05) is 50.4 Å². The quantitative estimate of drug-likeness (QED) is 0.613. The number of carbonyl (C=O) groups is 1. The first-order valence-corrected chi connectivity index (χ1v) is 12.7. The van der Waals surface area contributed by atoms with Crippen molar-refractivity contribution in [1.29, 1.82) is 0 Å². The Morgan fingerprint density at radius 2 is 1.74 bits per heavy atom. The number of nitrogens with one attached hydrogen (secondary N) is 1. The zero-order valence-corrected chi connectivity index (χ0v) is 19.9. The van der Waals surface area contributed by atoms with Gasteiger partial charge in [0.2, 0.25) is 0 Å². The van der Waals surface area contributed by atoms with Crippen LogP contribution in [0.3, 0.4) is 0 Å². The molecule has 5 rings (SSSR count). The number of hydrazine groups is 1. The van der Waals surface area contributed by atoms with E-state index >= 15 is 0 Å². The molecule has 2 aromatic rings. The van der Waals surface area contributed by atoms with Crippen molar-refractivity contribution in [2.75, 3.05) is 32.7 Å².